The van der Waals surface area contributed by atoms with Crippen LogP contribution in [-0.4, -0.2) is 46.0 Å². The fourth-order valence-corrected chi connectivity index (χ4v) is 3.70. The molecule has 0 bridgehead atoms. The molecule has 10 heteroatoms. The van der Waals surface area contributed by atoms with Crippen LogP contribution in [-0.2, 0) is 16.0 Å². The van der Waals surface area contributed by atoms with Crippen molar-refractivity contribution < 1.29 is 18.9 Å². The number of aromatic nitrogens is 2. The van der Waals surface area contributed by atoms with Gasteiger partial charge >= 0.3 is 6.03 Å². The Hall–Kier alpha value is -3.53. The summed E-state index contributed by atoms with van der Waals surface area (Å²) in [5.41, 5.74) is 1.49. The number of para-hydroxylation sites is 1. The second-order valence-corrected chi connectivity index (χ2v) is 7.66. The van der Waals surface area contributed by atoms with Gasteiger partial charge < -0.3 is 14.7 Å². The van der Waals surface area contributed by atoms with Gasteiger partial charge in [-0.15, -0.1) is 11.3 Å². The molecule has 4 amide bonds. The number of rotatable bonds is 7. The Morgan fingerprint density at radius 3 is 2.90 bits per heavy atom. The number of nitrogens with zero attached hydrogens (tertiary/aromatic N) is 3. The predicted octanol–water partition coefficient (Wildman–Crippen LogP) is 2.66. The Kier molecular flexibility index (Phi) is 5.84. The van der Waals surface area contributed by atoms with Gasteiger partial charge in [0.25, 0.3) is 0 Å². The fourth-order valence-electron chi connectivity index (χ4n) is 3.05. The molecule has 30 heavy (non-hydrogen) atoms. The minimum atomic E-state index is -0.461. The Morgan fingerprint density at radius 1 is 1.23 bits per heavy atom. The van der Waals surface area contributed by atoms with Gasteiger partial charge in [-0.2, -0.15) is 4.98 Å². The molecule has 154 valence electrons. The summed E-state index contributed by atoms with van der Waals surface area (Å²) in [6.07, 6.45) is 0.748. The maximum absolute atomic E-state index is 12.4. The van der Waals surface area contributed by atoms with Crippen LogP contribution in [0, 0.1) is 0 Å². The number of carbonyl (C=O) groups excluding carboxylic acids is 3. The number of hydrogen-bond donors (Lipinski definition) is 2. The Bertz CT molecular complexity index is 1060. The zero-order chi connectivity index (χ0) is 20.9. The Balaban J connectivity index is 1.37. The molecule has 3 aromatic rings. The zero-order valence-corrected chi connectivity index (χ0v) is 16.8. The number of thiophene rings is 1. The van der Waals surface area contributed by atoms with E-state index in [0.29, 0.717) is 30.4 Å². The number of amides is 4. The molecule has 1 aromatic carbocycles. The van der Waals surface area contributed by atoms with Gasteiger partial charge in [-0.25, -0.2) is 4.79 Å². The molecule has 1 saturated heterocycles. The van der Waals surface area contributed by atoms with E-state index in [9.17, 15) is 14.4 Å². The van der Waals surface area contributed by atoms with E-state index in [1.807, 2.05) is 35.7 Å². The monoisotopic (exact) mass is 425 g/mol. The molecule has 9 nitrogen and oxygen atoms in total. The highest BCUT2D eigenvalue weighted by molar-refractivity contribution is 7.13. The minimum Gasteiger partial charge on any atom is -0.339 e. The number of anilines is 1. The van der Waals surface area contributed by atoms with Crippen LogP contribution >= 0.6 is 11.3 Å². The van der Waals surface area contributed by atoms with E-state index in [1.165, 1.54) is 16.2 Å². The summed E-state index contributed by atoms with van der Waals surface area (Å²) < 4.78 is 5.35. The number of hydrogen-bond acceptors (Lipinski definition) is 7. The van der Waals surface area contributed by atoms with Crippen molar-refractivity contribution in [3.05, 3.63) is 53.2 Å². The van der Waals surface area contributed by atoms with Gasteiger partial charge in [0, 0.05) is 31.6 Å². The van der Waals surface area contributed by atoms with Gasteiger partial charge in [0.15, 0.2) is 0 Å². The third-order valence-electron chi connectivity index (χ3n) is 4.59. The van der Waals surface area contributed by atoms with E-state index in [0.717, 1.165) is 10.4 Å². The van der Waals surface area contributed by atoms with Crippen molar-refractivity contribution in [2.45, 2.75) is 19.3 Å². The number of urea groups is 1. The van der Waals surface area contributed by atoms with Crippen molar-refractivity contribution in [1.82, 2.24) is 20.4 Å². The van der Waals surface area contributed by atoms with E-state index in [4.69, 9.17) is 4.52 Å². The molecule has 2 aromatic heterocycles. The molecule has 2 N–H and O–H groups in total. The number of benzene rings is 1. The van der Waals surface area contributed by atoms with Crippen LogP contribution in [0.5, 0.6) is 0 Å². The molecule has 1 fully saturated rings. The third kappa shape index (κ3) is 4.71. The summed E-state index contributed by atoms with van der Waals surface area (Å²) in [6.45, 7) is 0.555. The average Bonchev–Trinajstić information content (AvgIpc) is 3.41. The maximum Gasteiger partial charge on any atom is 0.324 e. The molecule has 0 aliphatic carbocycles. The van der Waals surface area contributed by atoms with Crippen LogP contribution in [0.2, 0.25) is 0 Å². The molecule has 0 unspecified atom stereocenters. The van der Waals surface area contributed by atoms with Gasteiger partial charge in [0.05, 0.1) is 11.3 Å². The Morgan fingerprint density at radius 2 is 2.10 bits per heavy atom. The Labute approximate surface area is 176 Å². The van der Waals surface area contributed by atoms with Crippen LogP contribution in [0.4, 0.5) is 10.5 Å². The number of imide groups is 1. The van der Waals surface area contributed by atoms with Crippen LogP contribution < -0.4 is 10.6 Å². The molecule has 4 rings (SSSR count). The summed E-state index contributed by atoms with van der Waals surface area (Å²) in [7, 11) is 0. The molecule has 0 radical (unpaired) electrons. The fraction of sp³-hybridized carbons (Fsp3) is 0.250. The normalized spacial score (nSPS) is 13.9. The summed E-state index contributed by atoms with van der Waals surface area (Å²) in [5, 5.41) is 11.1. The molecule has 0 atom stereocenters. The van der Waals surface area contributed by atoms with E-state index in [2.05, 4.69) is 20.8 Å². The van der Waals surface area contributed by atoms with Crippen molar-refractivity contribution in [2.24, 2.45) is 0 Å². The van der Waals surface area contributed by atoms with Gasteiger partial charge in [-0.3, -0.25) is 14.9 Å². The first-order valence-corrected chi connectivity index (χ1v) is 10.3. The summed E-state index contributed by atoms with van der Waals surface area (Å²) in [5.74, 6) is 0.476. The van der Waals surface area contributed by atoms with Crippen molar-refractivity contribution >= 4 is 34.9 Å². The highest BCUT2D eigenvalue weighted by Crippen LogP contribution is 2.23. The zero-order valence-electron chi connectivity index (χ0n) is 16.0. The first-order chi connectivity index (χ1) is 14.6. The van der Waals surface area contributed by atoms with Crippen molar-refractivity contribution in [3.63, 3.8) is 0 Å². The van der Waals surface area contributed by atoms with Crippen LogP contribution in [0.1, 0.15) is 24.3 Å². The van der Waals surface area contributed by atoms with Crippen LogP contribution in [0.15, 0.2) is 46.3 Å². The average molecular weight is 425 g/mol. The summed E-state index contributed by atoms with van der Waals surface area (Å²) in [6, 6.07) is 10.8. The van der Waals surface area contributed by atoms with Gasteiger partial charge in [0.2, 0.25) is 23.5 Å². The lowest BCUT2D eigenvalue weighted by atomic mass is 10.1. The van der Waals surface area contributed by atoms with E-state index >= 15 is 0 Å². The highest BCUT2D eigenvalue weighted by atomic mass is 32.1. The van der Waals surface area contributed by atoms with Crippen molar-refractivity contribution in [2.75, 3.05) is 18.4 Å². The topological polar surface area (TPSA) is 117 Å². The van der Waals surface area contributed by atoms with E-state index in [-0.39, 0.29) is 31.2 Å². The first-order valence-electron chi connectivity index (χ1n) is 9.41. The van der Waals surface area contributed by atoms with E-state index in [1.54, 1.807) is 6.07 Å². The molecular formula is C20H19N5O4S. The molecule has 0 spiro atoms. The predicted molar refractivity (Wildman–Crippen MR) is 110 cm³/mol. The third-order valence-corrected chi connectivity index (χ3v) is 5.46. The second-order valence-electron chi connectivity index (χ2n) is 6.71. The smallest absolute Gasteiger partial charge is 0.324 e. The van der Waals surface area contributed by atoms with Gasteiger partial charge in [0.1, 0.15) is 0 Å². The molecule has 1 aliphatic rings. The van der Waals surface area contributed by atoms with E-state index < -0.39 is 6.03 Å². The summed E-state index contributed by atoms with van der Waals surface area (Å²) >= 11 is 1.53. The lowest BCUT2D eigenvalue weighted by molar-refractivity contribution is -0.121. The largest absolute Gasteiger partial charge is 0.339 e. The second kappa shape index (κ2) is 8.87. The highest BCUT2D eigenvalue weighted by Gasteiger charge is 2.23. The molecule has 0 saturated carbocycles. The molecule has 3 heterocycles. The molecular weight excluding hydrogens is 406 g/mol. The lowest BCUT2D eigenvalue weighted by Crippen LogP contribution is -2.50. The van der Waals surface area contributed by atoms with Crippen molar-refractivity contribution in [1.29, 1.82) is 0 Å². The first kappa shape index (κ1) is 19.8. The maximum atomic E-state index is 12.4. The van der Waals surface area contributed by atoms with Gasteiger partial charge in [-0.1, -0.05) is 29.4 Å². The van der Waals surface area contributed by atoms with Crippen LogP contribution in [0.3, 0.4) is 0 Å². The standard InChI is InChI=1S/C20H19N5O4S/c26-16(7-9-25-10-8-17(27)22-20(25)28)21-14-5-2-1-4-13(14)12-18-23-19(24-29-18)15-6-3-11-30-15/h1-6,11H,7-10,12H2,(H,21,26)(H,22,27,28). The SMILES string of the molecule is O=C1CCN(CCC(=O)Nc2ccccc2Cc2nc(-c3cccs3)no2)C(=O)N1. The number of nitrogens with one attached hydrogen (secondary N) is 2. The van der Waals surface area contributed by atoms with Gasteiger partial charge in [-0.05, 0) is 23.1 Å². The minimum absolute atomic E-state index is 0.124. The quantitative estimate of drug-likeness (QED) is 0.601. The van der Waals surface area contributed by atoms with Crippen molar-refractivity contribution in [3.8, 4) is 10.7 Å². The lowest BCUT2D eigenvalue weighted by Gasteiger charge is -2.26. The molecule has 1 aliphatic heterocycles. The summed E-state index contributed by atoms with van der Waals surface area (Å²) in [4.78, 5) is 42.2. The van der Waals surface area contributed by atoms with Crippen LogP contribution in [0.25, 0.3) is 10.7 Å². The number of carbonyl (C=O) groups is 3.